The summed E-state index contributed by atoms with van der Waals surface area (Å²) in [5.74, 6) is -6.03. The normalized spacial score (nSPS) is 14.3. The lowest BCUT2D eigenvalue weighted by Crippen LogP contribution is -2.48. The highest BCUT2D eigenvalue weighted by Crippen LogP contribution is 2.27. The molecule has 0 radical (unpaired) electrons. The van der Waals surface area contributed by atoms with Crippen molar-refractivity contribution in [2.75, 3.05) is 38.0 Å². The zero-order valence-electron chi connectivity index (χ0n) is 28.2. The smallest absolute Gasteiger partial charge is 0.475 e. The molecule has 0 unspecified atom stereocenters. The van der Waals surface area contributed by atoms with E-state index in [0.717, 1.165) is 24.1 Å². The number of nitrogens with one attached hydrogen (secondary N) is 3. The highest BCUT2D eigenvalue weighted by Gasteiger charge is 2.39. The number of urea groups is 1. The first-order valence-electron chi connectivity index (χ1n) is 16.1. The fourth-order valence-electron chi connectivity index (χ4n) is 4.61. The Morgan fingerprint density at radius 1 is 0.778 bits per heavy atom. The molecule has 0 bridgehead atoms. The molecule has 2 aliphatic rings. The van der Waals surface area contributed by atoms with Crippen molar-refractivity contribution in [3.63, 3.8) is 0 Å². The minimum atomic E-state index is -5.08. The van der Waals surface area contributed by atoms with Crippen molar-refractivity contribution in [1.82, 2.24) is 25.4 Å². The molecular formula is C34H35F7N6O7. The number of pyridine rings is 1. The molecular weight excluding hydrogens is 737 g/mol. The Morgan fingerprint density at radius 2 is 1.41 bits per heavy atom. The third kappa shape index (κ3) is 14.7. The third-order valence-electron chi connectivity index (χ3n) is 7.61. The van der Waals surface area contributed by atoms with Gasteiger partial charge in [0.2, 0.25) is 0 Å². The first kappa shape index (κ1) is 42.6. The number of carboxylic acid groups (broad SMARTS) is 2. The van der Waals surface area contributed by atoms with Gasteiger partial charge in [-0.15, -0.1) is 0 Å². The highest BCUT2D eigenvalue weighted by atomic mass is 19.4. The number of carbonyl (C=O) groups is 5. The molecule has 1 aromatic heterocycles. The van der Waals surface area contributed by atoms with Gasteiger partial charge >= 0.3 is 30.3 Å². The van der Waals surface area contributed by atoms with Crippen LogP contribution in [0.25, 0.3) is 0 Å². The van der Waals surface area contributed by atoms with Crippen LogP contribution in [-0.2, 0) is 22.7 Å². The summed E-state index contributed by atoms with van der Waals surface area (Å²) in [4.78, 5) is 63.6. The molecule has 0 atom stereocenters. The van der Waals surface area contributed by atoms with Crippen LogP contribution in [0.1, 0.15) is 44.8 Å². The Bertz CT molecular complexity index is 1740. The number of carbonyl (C=O) groups excluding carboxylic acids is 3. The van der Waals surface area contributed by atoms with E-state index in [0.29, 0.717) is 57.3 Å². The molecule has 1 aliphatic heterocycles. The number of alkyl halides is 6. The Morgan fingerprint density at radius 3 is 1.94 bits per heavy atom. The van der Waals surface area contributed by atoms with E-state index in [1.807, 2.05) is 36.4 Å². The molecule has 2 heterocycles. The van der Waals surface area contributed by atoms with Gasteiger partial charge in [0.25, 0.3) is 11.8 Å². The number of nitrogens with zero attached hydrogens (tertiary/aromatic N) is 3. The average molecular weight is 773 g/mol. The number of aliphatic carboxylic acids is 2. The summed E-state index contributed by atoms with van der Waals surface area (Å²) >= 11 is 0. The van der Waals surface area contributed by atoms with Crippen LogP contribution < -0.4 is 16.0 Å². The number of halogens is 7. The van der Waals surface area contributed by atoms with Crippen molar-refractivity contribution >= 4 is 35.5 Å². The molecule has 1 aliphatic carbocycles. The number of aromatic nitrogens is 1. The molecule has 0 spiro atoms. The summed E-state index contributed by atoms with van der Waals surface area (Å²) in [6.07, 6.45) is -6.25. The van der Waals surface area contributed by atoms with E-state index in [-0.39, 0.29) is 23.1 Å². The maximum Gasteiger partial charge on any atom is 0.490 e. The van der Waals surface area contributed by atoms with Crippen molar-refractivity contribution in [1.29, 1.82) is 0 Å². The highest BCUT2D eigenvalue weighted by molar-refractivity contribution is 5.96. The van der Waals surface area contributed by atoms with Crippen LogP contribution in [-0.4, -0.2) is 99.9 Å². The number of hydrogen-bond acceptors (Lipinski definition) is 7. The number of piperazine rings is 1. The van der Waals surface area contributed by atoms with Crippen LogP contribution in [0.5, 0.6) is 0 Å². The van der Waals surface area contributed by atoms with E-state index in [2.05, 4.69) is 25.8 Å². The number of anilines is 1. The van der Waals surface area contributed by atoms with E-state index in [1.165, 1.54) is 12.1 Å². The van der Waals surface area contributed by atoms with Crippen molar-refractivity contribution < 1.29 is 64.9 Å². The van der Waals surface area contributed by atoms with Gasteiger partial charge in [-0.3, -0.25) is 19.5 Å². The monoisotopic (exact) mass is 772 g/mol. The van der Waals surface area contributed by atoms with Crippen LogP contribution >= 0.6 is 0 Å². The first-order chi connectivity index (χ1) is 25.3. The zero-order valence-corrected chi connectivity index (χ0v) is 28.2. The predicted molar refractivity (Wildman–Crippen MR) is 177 cm³/mol. The summed E-state index contributed by atoms with van der Waals surface area (Å²) in [6, 6.07) is 16.8. The lowest BCUT2D eigenvalue weighted by atomic mass is 10.1. The van der Waals surface area contributed by atoms with E-state index in [4.69, 9.17) is 19.8 Å². The lowest BCUT2D eigenvalue weighted by Gasteiger charge is -2.35. The van der Waals surface area contributed by atoms with Crippen molar-refractivity contribution in [2.45, 2.75) is 38.3 Å². The first-order valence-corrected chi connectivity index (χ1v) is 16.1. The average Bonchev–Trinajstić information content (AvgIpc) is 3.96. The molecule has 1 saturated carbocycles. The summed E-state index contributed by atoms with van der Waals surface area (Å²) in [6.45, 7) is 3.93. The maximum atomic E-state index is 14.6. The number of benzene rings is 2. The van der Waals surface area contributed by atoms with Gasteiger partial charge < -0.3 is 31.1 Å². The molecule has 13 nitrogen and oxygen atoms in total. The molecule has 5 rings (SSSR count). The Labute approximate surface area is 303 Å². The van der Waals surface area contributed by atoms with Gasteiger partial charge in [0.15, 0.2) is 0 Å². The molecule has 54 heavy (non-hydrogen) atoms. The molecule has 2 fully saturated rings. The zero-order chi connectivity index (χ0) is 40.1. The van der Waals surface area contributed by atoms with Gasteiger partial charge in [-0.2, -0.15) is 26.3 Å². The number of amides is 4. The molecule has 2 aromatic carbocycles. The van der Waals surface area contributed by atoms with E-state index >= 15 is 0 Å². The van der Waals surface area contributed by atoms with Crippen LogP contribution in [0.15, 0.2) is 66.9 Å². The van der Waals surface area contributed by atoms with Crippen LogP contribution in [0.3, 0.4) is 0 Å². The molecule has 292 valence electrons. The van der Waals surface area contributed by atoms with Crippen LogP contribution in [0.2, 0.25) is 0 Å². The second kappa shape index (κ2) is 19.3. The van der Waals surface area contributed by atoms with Gasteiger partial charge in [0, 0.05) is 56.6 Å². The Balaban J connectivity index is 0.000000476. The van der Waals surface area contributed by atoms with Crippen molar-refractivity contribution in [2.24, 2.45) is 5.92 Å². The van der Waals surface area contributed by atoms with Crippen molar-refractivity contribution in [3.8, 4) is 0 Å². The fourth-order valence-corrected chi connectivity index (χ4v) is 4.61. The third-order valence-corrected chi connectivity index (χ3v) is 7.61. The summed E-state index contributed by atoms with van der Waals surface area (Å²) < 4.78 is 78.1. The summed E-state index contributed by atoms with van der Waals surface area (Å²) in [5.41, 5.74) is 2.68. The second-order valence-electron chi connectivity index (χ2n) is 11.9. The van der Waals surface area contributed by atoms with Gasteiger partial charge in [-0.25, -0.2) is 18.8 Å². The predicted octanol–water partition coefficient (Wildman–Crippen LogP) is 4.91. The summed E-state index contributed by atoms with van der Waals surface area (Å²) in [5, 5.41) is 22.4. The van der Waals surface area contributed by atoms with Gasteiger partial charge in [0.05, 0.1) is 17.9 Å². The Kier molecular flexibility index (Phi) is 15.3. The van der Waals surface area contributed by atoms with Gasteiger partial charge in [-0.1, -0.05) is 18.2 Å². The number of rotatable bonds is 9. The molecule has 3 aromatic rings. The van der Waals surface area contributed by atoms with E-state index in [9.17, 15) is 45.1 Å². The standard InChI is InChI=1S/C30H33FN6O3.2C2HF3O2/c31-26-17-24(9-10-27(26)35-30(40)34-18-21-7-8-21)29(39)37-14-12-36(13-15-37)20-22-4-3-5-23(16-22)28(38)33-19-25-6-1-2-11-32-25;2*3-2(4,5)1(6)7/h1-6,9-11,16-17,21H,7-8,12-15,18-20H2,(H,33,38)(H2,34,35,40);2*(H,6,7). The topological polar surface area (TPSA) is 181 Å². The molecule has 5 N–H and O–H groups in total. The fraction of sp³-hybridized carbons (Fsp3) is 0.353. The molecule has 1 saturated heterocycles. The molecule has 20 heteroatoms. The second-order valence-corrected chi connectivity index (χ2v) is 11.9. The van der Waals surface area contributed by atoms with Gasteiger partial charge in [0.1, 0.15) is 5.82 Å². The minimum Gasteiger partial charge on any atom is -0.475 e. The number of carboxylic acids is 2. The SMILES string of the molecule is O=C(NCC1CC1)Nc1ccc(C(=O)N2CCN(Cc3cccc(C(=O)NCc4ccccn4)c3)CC2)cc1F.O=C(O)C(F)(F)F.O=C(O)C(F)(F)F. The largest absolute Gasteiger partial charge is 0.490 e. The molecule has 4 amide bonds. The van der Waals surface area contributed by atoms with Crippen LogP contribution in [0.4, 0.5) is 41.2 Å². The number of hydrogen-bond donors (Lipinski definition) is 5. The summed E-state index contributed by atoms with van der Waals surface area (Å²) in [7, 11) is 0. The van der Waals surface area contributed by atoms with E-state index in [1.54, 1.807) is 23.2 Å². The van der Waals surface area contributed by atoms with Crippen molar-refractivity contribution in [3.05, 3.63) is 95.1 Å². The quantitative estimate of drug-likeness (QED) is 0.189. The van der Waals surface area contributed by atoms with E-state index < -0.39 is 36.1 Å². The van der Waals surface area contributed by atoms with Crippen LogP contribution in [0, 0.1) is 11.7 Å². The lowest BCUT2D eigenvalue weighted by molar-refractivity contribution is -0.193. The maximum absolute atomic E-state index is 14.6. The van der Waals surface area contributed by atoms with Gasteiger partial charge in [-0.05, 0) is 66.8 Å². The minimum absolute atomic E-state index is 0.0438. The Hall–Kier alpha value is -5.79.